The first-order valence-electron chi connectivity index (χ1n) is 5.07. The first-order chi connectivity index (χ1) is 7.76. The van der Waals surface area contributed by atoms with Crippen LogP contribution in [0.15, 0.2) is 29.2 Å². The summed E-state index contributed by atoms with van der Waals surface area (Å²) in [5.74, 6) is -3.60. The van der Waals surface area contributed by atoms with Crippen molar-refractivity contribution >= 4 is 9.84 Å². The Morgan fingerprint density at radius 1 is 1.12 bits per heavy atom. The maximum absolute atomic E-state index is 12.3. The molecule has 0 saturated carbocycles. The molecule has 17 heavy (non-hydrogen) atoms. The number of hydrogen-bond acceptors (Lipinski definition) is 3. The Morgan fingerprint density at radius 3 is 1.94 bits per heavy atom. The second-order valence-corrected chi connectivity index (χ2v) is 5.82. The van der Waals surface area contributed by atoms with Gasteiger partial charge in [0.25, 0.3) is 0 Å². The normalized spacial score (nSPS) is 15.9. The summed E-state index contributed by atoms with van der Waals surface area (Å²) in [6, 6.07) is 5.14. The van der Waals surface area contributed by atoms with Crippen molar-refractivity contribution in [2.24, 2.45) is 0 Å². The van der Waals surface area contributed by atoms with Crippen LogP contribution in [-0.4, -0.2) is 25.4 Å². The Hall–Kier alpha value is -1.01. The topological polar surface area (TPSA) is 54.4 Å². The van der Waals surface area contributed by atoms with E-state index in [0.717, 1.165) is 12.1 Å². The van der Waals surface area contributed by atoms with E-state index in [1.807, 2.05) is 0 Å². The number of hydrogen-bond donors (Lipinski definition) is 1. The summed E-state index contributed by atoms with van der Waals surface area (Å²) < 4.78 is 46.8. The van der Waals surface area contributed by atoms with Gasteiger partial charge in [-0.15, -0.1) is 0 Å². The van der Waals surface area contributed by atoms with E-state index in [1.165, 1.54) is 12.1 Å². The lowest BCUT2D eigenvalue weighted by Crippen LogP contribution is -2.13. The van der Waals surface area contributed by atoms with Crippen LogP contribution in [0.25, 0.3) is 0 Å². The number of sulfone groups is 1. The summed E-state index contributed by atoms with van der Waals surface area (Å²) in [6.45, 7) is 3.37. The van der Waals surface area contributed by atoms with Gasteiger partial charge in [-0.1, -0.05) is 19.1 Å². The first kappa shape index (κ1) is 14.1. The van der Waals surface area contributed by atoms with Crippen LogP contribution in [-0.2, 0) is 9.84 Å². The zero-order valence-corrected chi connectivity index (χ0v) is 10.3. The third-order valence-corrected chi connectivity index (χ3v) is 4.09. The minimum Gasteiger partial charge on any atom is -0.393 e. The zero-order chi connectivity index (χ0) is 13.2. The van der Waals surface area contributed by atoms with Gasteiger partial charge < -0.3 is 5.11 Å². The Kier molecular flexibility index (Phi) is 4.21. The lowest BCUT2D eigenvalue weighted by molar-refractivity contribution is 0.169. The van der Waals surface area contributed by atoms with E-state index in [4.69, 9.17) is 0 Å². The minimum absolute atomic E-state index is 0.182. The quantitative estimate of drug-likeness (QED) is 0.906. The van der Waals surface area contributed by atoms with Crippen molar-refractivity contribution in [2.45, 2.75) is 36.5 Å². The van der Waals surface area contributed by atoms with Gasteiger partial charge in [0.1, 0.15) is 0 Å². The average Bonchev–Trinajstić information content (AvgIpc) is 2.27. The molecule has 96 valence electrons. The highest BCUT2D eigenvalue weighted by molar-refractivity contribution is 7.91. The third-order valence-electron chi connectivity index (χ3n) is 2.69. The predicted octanol–water partition coefficient (Wildman–Crippen LogP) is 2.17. The molecule has 0 amide bonds. The van der Waals surface area contributed by atoms with Crippen LogP contribution in [0.5, 0.6) is 0 Å². The molecule has 0 spiro atoms. The van der Waals surface area contributed by atoms with Gasteiger partial charge in [0.15, 0.2) is 0 Å². The Labute approximate surface area is 99.0 Å². The molecule has 6 heteroatoms. The van der Waals surface area contributed by atoms with Crippen molar-refractivity contribution in [3.05, 3.63) is 29.8 Å². The molecule has 0 aromatic heterocycles. The van der Waals surface area contributed by atoms with Crippen LogP contribution < -0.4 is 0 Å². The molecular weight excluding hydrogens is 250 g/mol. The first-order valence-corrected chi connectivity index (χ1v) is 6.61. The van der Waals surface area contributed by atoms with Gasteiger partial charge in [0, 0.05) is 5.92 Å². The molecule has 3 nitrogen and oxygen atoms in total. The van der Waals surface area contributed by atoms with Gasteiger partial charge >= 0.3 is 5.76 Å². The number of benzene rings is 1. The summed E-state index contributed by atoms with van der Waals surface area (Å²) in [6.07, 6.45) is -0.590. The second kappa shape index (κ2) is 5.10. The molecule has 0 bridgehead atoms. The molecule has 2 unspecified atom stereocenters. The van der Waals surface area contributed by atoms with Crippen LogP contribution in [0, 0.1) is 0 Å². The number of halogens is 2. The largest absolute Gasteiger partial charge is 0.393 e. The van der Waals surface area contributed by atoms with E-state index in [2.05, 4.69) is 0 Å². The van der Waals surface area contributed by atoms with E-state index < -0.39 is 26.6 Å². The predicted molar refractivity (Wildman–Crippen MR) is 59.7 cm³/mol. The Bertz CT molecular complexity index is 466. The van der Waals surface area contributed by atoms with Crippen LogP contribution >= 0.6 is 0 Å². The highest BCUT2D eigenvalue weighted by Gasteiger charge is 2.26. The van der Waals surface area contributed by atoms with Gasteiger partial charge in [0.2, 0.25) is 9.84 Å². The van der Waals surface area contributed by atoms with E-state index >= 15 is 0 Å². The highest BCUT2D eigenvalue weighted by atomic mass is 32.2. The molecule has 2 atom stereocenters. The van der Waals surface area contributed by atoms with Crippen molar-refractivity contribution in [1.29, 1.82) is 0 Å². The van der Waals surface area contributed by atoms with Crippen molar-refractivity contribution in [1.82, 2.24) is 0 Å². The fourth-order valence-corrected chi connectivity index (χ4v) is 2.06. The summed E-state index contributed by atoms with van der Waals surface area (Å²) in [7, 11) is -4.54. The smallest absolute Gasteiger partial charge is 0.341 e. The maximum Gasteiger partial charge on any atom is 0.341 e. The van der Waals surface area contributed by atoms with Crippen LogP contribution in [0.2, 0.25) is 0 Å². The SMILES string of the molecule is CC(O)C(C)c1ccc(S(=O)(=O)C(F)F)cc1. The highest BCUT2D eigenvalue weighted by Crippen LogP contribution is 2.23. The van der Waals surface area contributed by atoms with Crippen molar-refractivity contribution in [3.8, 4) is 0 Å². The van der Waals surface area contributed by atoms with E-state index in [9.17, 15) is 22.3 Å². The Balaban J connectivity index is 3.05. The molecule has 0 aliphatic heterocycles. The molecule has 0 fully saturated rings. The molecule has 1 aromatic carbocycles. The van der Waals surface area contributed by atoms with Crippen molar-refractivity contribution in [2.75, 3.05) is 0 Å². The van der Waals surface area contributed by atoms with Crippen LogP contribution in [0.1, 0.15) is 25.3 Å². The lowest BCUT2D eigenvalue weighted by atomic mass is 9.97. The molecule has 0 saturated heterocycles. The van der Waals surface area contributed by atoms with Gasteiger partial charge in [-0.2, -0.15) is 8.78 Å². The molecule has 0 aliphatic rings. The average molecular weight is 264 g/mol. The molecular formula is C11H14F2O3S. The molecule has 1 aromatic rings. The molecule has 1 rings (SSSR count). The summed E-state index contributed by atoms with van der Waals surface area (Å²) in [5, 5.41) is 9.35. The van der Waals surface area contributed by atoms with Crippen molar-refractivity contribution < 1.29 is 22.3 Å². The number of aliphatic hydroxyl groups excluding tert-OH is 1. The molecule has 0 heterocycles. The van der Waals surface area contributed by atoms with Crippen LogP contribution in [0.4, 0.5) is 8.78 Å². The fourth-order valence-electron chi connectivity index (χ4n) is 1.34. The van der Waals surface area contributed by atoms with Gasteiger partial charge in [-0.3, -0.25) is 0 Å². The second-order valence-electron chi connectivity index (χ2n) is 3.90. The van der Waals surface area contributed by atoms with E-state index in [0.29, 0.717) is 5.56 Å². The summed E-state index contributed by atoms with van der Waals surface area (Å²) >= 11 is 0. The van der Waals surface area contributed by atoms with Gasteiger partial charge in [-0.05, 0) is 24.6 Å². The van der Waals surface area contributed by atoms with Gasteiger partial charge in [0.05, 0.1) is 11.0 Å². The minimum atomic E-state index is -4.54. The number of alkyl halides is 2. The van der Waals surface area contributed by atoms with E-state index in [1.54, 1.807) is 13.8 Å². The standard InChI is InChI=1S/C11H14F2O3S/c1-7(8(2)14)9-3-5-10(6-4-9)17(15,16)11(12)13/h3-8,11,14H,1-2H3. The lowest BCUT2D eigenvalue weighted by Gasteiger charge is -2.15. The number of aliphatic hydroxyl groups is 1. The summed E-state index contributed by atoms with van der Waals surface area (Å²) in [5.41, 5.74) is 0.702. The van der Waals surface area contributed by atoms with E-state index in [-0.39, 0.29) is 5.92 Å². The molecule has 0 radical (unpaired) electrons. The van der Waals surface area contributed by atoms with Crippen LogP contribution in [0.3, 0.4) is 0 Å². The Morgan fingerprint density at radius 2 is 1.59 bits per heavy atom. The fraction of sp³-hybridized carbons (Fsp3) is 0.455. The van der Waals surface area contributed by atoms with Gasteiger partial charge in [-0.25, -0.2) is 8.42 Å². The number of rotatable bonds is 4. The monoisotopic (exact) mass is 264 g/mol. The molecule has 0 aliphatic carbocycles. The maximum atomic E-state index is 12.3. The molecule has 1 N–H and O–H groups in total. The third kappa shape index (κ3) is 3.01. The summed E-state index contributed by atoms with van der Waals surface area (Å²) in [4.78, 5) is -0.408. The van der Waals surface area contributed by atoms with Crippen molar-refractivity contribution in [3.63, 3.8) is 0 Å². The zero-order valence-electron chi connectivity index (χ0n) is 9.47.